The molecule has 3 nitrogen and oxygen atoms in total. The van der Waals surface area contributed by atoms with E-state index in [1.807, 2.05) is 4.90 Å². The average molecular weight is 268 g/mol. The molecule has 1 amide bonds. The van der Waals surface area contributed by atoms with Crippen molar-refractivity contribution in [3.05, 3.63) is 34.9 Å². The Balaban J connectivity index is 1.82. The molecule has 1 N–H and O–H groups in total. The molecule has 1 fully saturated rings. The van der Waals surface area contributed by atoms with E-state index in [1.54, 1.807) is 24.3 Å². The number of aliphatic hydroxyl groups excluding tert-OH is 1. The first-order chi connectivity index (χ1) is 8.66. The van der Waals surface area contributed by atoms with Crippen LogP contribution in [-0.2, 0) is 4.79 Å². The Morgan fingerprint density at radius 3 is 2.50 bits per heavy atom. The minimum absolute atomic E-state index is 0.153. The Morgan fingerprint density at radius 2 is 1.89 bits per heavy atom. The van der Waals surface area contributed by atoms with Gasteiger partial charge in [0.2, 0.25) is 5.91 Å². The Bertz CT molecular complexity index is 399. The van der Waals surface area contributed by atoms with Crippen molar-refractivity contribution in [2.45, 2.75) is 31.8 Å². The molecule has 1 aromatic carbocycles. The zero-order valence-electron chi connectivity index (χ0n) is 10.3. The second-order valence-corrected chi connectivity index (χ2v) is 5.13. The summed E-state index contributed by atoms with van der Waals surface area (Å²) in [4.78, 5) is 13.7. The number of amides is 1. The van der Waals surface area contributed by atoms with Crippen LogP contribution in [0.25, 0.3) is 0 Å². The molecule has 0 aliphatic carbocycles. The van der Waals surface area contributed by atoms with Crippen molar-refractivity contribution in [1.82, 2.24) is 4.90 Å². The monoisotopic (exact) mass is 267 g/mol. The summed E-state index contributed by atoms with van der Waals surface area (Å²) >= 11 is 5.79. The van der Waals surface area contributed by atoms with Gasteiger partial charge >= 0.3 is 0 Å². The lowest BCUT2D eigenvalue weighted by Crippen LogP contribution is -2.27. The van der Waals surface area contributed by atoms with Crippen LogP contribution >= 0.6 is 11.6 Å². The zero-order chi connectivity index (χ0) is 13.0. The van der Waals surface area contributed by atoms with Gasteiger partial charge in [0, 0.05) is 24.5 Å². The lowest BCUT2D eigenvalue weighted by Gasteiger charge is -2.16. The molecule has 4 heteroatoms. The van der Waals surface area contributed by atoms with Gasteiger partial charge in [-0.3, -0.25) is 4.79 Å². The van der Waals surface area contributed by atoms with Crippen LogP contribution in [-0.4, -0.2) is 29.0 Å². The molecule has 1 aromatic rings. The summed E-state index contributed by atoms with van der Waals surface area (Å²) in [5.41, 5.74) is 0.814. The molecule has 1 unspecified atom stereocenters. The Kier molecular flexibility index (Phi) is 4.61. The van der Waals surface area contributed by atoms with E-state index in [0.717, 1.165) is 31.5 Å². The van der Waals surface area contributed by atoms with Gasteiger partial charge in [0.25, 0.3) is 0 Å². The molecular weight excluding hydrogens is 250 g/mol. The van der Waals surface area contributed by atoms with Crippen LogP contribution in [0.15, 0.2) is 24.3 Å². The molecule has 2 rings (SSSR count). The third-order valence-corrected chi connectivity index (χ3v) is 3.60. The lowest BCUT2D eigenvalue weighted by molar-refractivity contribution is -0.130. The number of likely N-dealkylation sites (tertiary alicyclic amines) is 1. The molecule has 1 heterocycles. The van der Waals surface area contributed by atoms with Crippen molar-refractivity contribution >= 4 is 17.5 Å². The zero-order valence-corrected chi connectivity index (χ0v) is 11.1. The quantitative estimate of drug-likeness (QED) is 0.911. The Morgan fingerprint density at radius 1 is 1.28 bits per heavy atom. The highest BCUT2D eigenvalue weighted by Crippen LogP contribution is 2.21. The maximum atomic E-state index is 11.8. The summed E-state index contributed by atoms with van der Waals surface area (Å²) in [6, 6.07) is 7.10. The molecule has 0 bridgehead atoms. The van der Waals surface area contributed by atoms with E-state index in [0.29, 0.717) is 17.9 Å². The predicted molar refractivity (Wildman–Crippen MR) is 71.5 cm³/mol. The molecule has 1 aliphatic heterocycles. The molecule has 0 spiro atoms. The van der Waals surface area contributed by atoms with Crippen molar-refractivity contribution in [2.75, 3.05) is 13.1 Å². The largest absolute Gasteiger partial charge is 0.388 e. The van der Waals surface area contributed by atoms with Crippen LogP contribution in [0.3, 0.4) is 0 Å². The summed E-state index contributed by atoms with van der Waals surface area (Å²) in [5, 5.41) is 10.6. The van der Waals surface area contributed by atoms with Gasteiger partial charge < -0.3 is 10.0 Å². The second kappa shape index (κ2) is 6.21. The average Bonchev–Trinajstić information content (AvgIpc) is 2.90. The number of carbonyl (C=O) groups is 1. The van der Waals surface area contributed by atoms with Crippen molar-refractivity contribution in [2.24, 2.45) is 0 Å². The normalized spacial score (nSPS) is 16.9. The van der Waals surface area contributed by atoms with E-state index >= 15 is 0 Å². The number of hydrogen-bond donors (Lipinski definition) is 1. The van der Waals surface area contributed by atoms with Crippen LogP contribution in [0.1, 0.15) is 37.4 Å². The van der Waals surface area contributed by atoms with Gasteiger partial charge in [-0.05, 0) is 37.0 Å². The van der Waals surface area contributed by atoms with Crippen LogP contribution in [0.5, 0.6) is 0 Å². The third kappa shape index (κ3) is 3.47. The number of aliphatic hydroxyl groups is 1. The number of nitrogens with zero attached hydrogens (tertiary/aromatic N) is 1. The molecule has 98 valence electrons. The fraction of sp³-hybridized carbons (Fsp3) is 0.500. The first kappa shape index (κ1) is 13.4. The SMILES string of the molecule is O=C(CCC(O)c1ccc(Cl)cc1)N1CCCC1. The van der Waals surface area contributed by atoms with E-state index in [9.17, 15) is 9.90 Å². The van der Waals surface area contributed by atoms with Gasteiger partial charge in [0.05, 0.1) is 6.10 Å². The van der Waals surface area contributed by atoms with Gasteiger partial charge in [-0.2, -0.15) is 0 Å². The van der Waals surface area contributed by atoms with Crippen LogP contribution in [0.4, 0.5) is 0 Å². The summed E-state index contributed by atoms with van der Waals surface area (Å²) in [6.45, 7) is 1.74. The first-order valence-electron chi connectivity index (χ1n) is 6.38. The van der Waals surface area contributed by atoms with E-state index in [-0.39, 0.29) is 5.91 Å². The molecule has 18 heavy (non-hydrogen) atoms. The standard InChI is InChI=1S/C14H18ClNO2/c15-12-5-3-11(4-6-12)13(17)7-8-14(18)16-9-1-2-10-16/h3-6,13,17H,1-2,7-10H2. The molecule has 1 aliphatic rings. The highest BCUT2D eigenvalue weighted by Gasteiger charge is 2.19. The Labute approximate surface area is 112 Å². The summed E-state index contributed by atoms with van der Waals surface area (Å²) < 4.78 is 0. The van der Waals surface area contributed by atoms with Gasteiger partial charge in [-0.1, -0.05) is 23.7 Å². The van der Waals surface area contributed by atoms with Crippen LogP contribution < -0.4 is 0 Å². The van der Waals surface area contributed by atoms with Crippen molar-refractivity contribution in [1.29, 1.82) is 0 Å². The van der Waals surface area contributed by atoms with Crippen molar-refractivity contribution in [3.63, 3.8) is 0 Å². The van der Waals surface area contributed by atoms with E-state index < -0.39 is 6.10 Å². The topological polar surface area (TPSA) is 40.5 Å². The maximum absolute atomic E-state index is 11.8. The van der Waals surface area contributed by atoms with E-state index in [2.05, 4.69) is 0 Å². The minimum Gasteiger partial charge on any atom is -0.388 e. The molecular formula is C14H18ClNO2. The van der Waals surface area contributed by atoms with Gasteiger partial charge in [-0.15, -0.1) is 0 Å². The van der Waals surface area contributed by atoms with Crippen molar-refractivity contribution < 1.29 is 9.90 Å². The summed E-state index contributed by atoms with van der Waals surface area (Å²) in [7, 11) is 0. The molecule has 0 aromatic heterocycles. The number of hydrogen-bond acceptors (Lipinski definition) is 2. The molecule has 0 radical (unpaired) electrons. The van der Waals surface area contributed by atoms with Crippen molar-refractivity contribution in [3.8, 4) is 0 Å². The number of benzene rings is 1. The minimum atomic E-state index is -0.589. The second-order valence-electron chi connectivity index (χ2n) is 4.69. The van der Waals surface area contributed by atoms with Crippen LogP contribution in [0, 0.1) is 0 Å². The Hall–Kier alpha value is -1.06. The van der Waals surface area contributed by atoms with Gasteiger partial charge in [0.15, 0.2) is 0 Å². The fourth-order valence-corrected chi connectivity index (χ4v) is 2.36. The third-order valence-electron chi connectivity index (χ3n) is 3.35. The number of carbonyl (C=O) groups excluding carboxylic acids is 1. The highest BCUT2D eigenvalue weighted by atomic mass is 35.5. The summed E-state index contributed by atoms with van der Waals surface area (Å²) in [5.74, 6) is 0.153. The van der Waals surface area contributed by atoms with Gasteiger partial charge in [-0.25, -0.2) is 0 Å². The highest BCUT2D eigenvalue weighted by molar-refractivity contribution is 6.30. The molecule has 1 atom stereocenters. The molecule has 0 saturated carbocycles. The molecule has 1 saturated heterocycles. The van der Waals surface area contributed by atoms with E-state index in [1.165, 1.54) is 0 Å². The van der Waals surface area contributed by atoms with Gasteiger partial charge in [0.1, 0.15) is 0 Å². The first-order valence-corrected chi connectivity index (χ1v) is 6.76. The fourth-order valence-electron chi connectivity index (χ4n) is 2.24. The smallest absolute Gasteiger partial charge is 0.222 e. The maximum Gasteiger partial charge on any atom is 0.222 e. The number of halogens is 1. The lowest BCUT2D eigenvalue weighted by atomic mass is 10.0. The van der Waals surface area contributed by atoms with E-state index in [4.69, 9.17) is 11.6 Å². The number of rotatable bonds is 4. The van der Waals surface area contributed by atoms with Crippen LogP contribution in [0.2, 0.25) is 5.02 Å². The predicted octanol–water partition coefficient (Wildman–Crippen LogP) is 2.78. The summed E-state index contributed by atoms with van der Waals surface area (Å²) in [6.07, 6.45) is 2.49.